The lowest BCUT2D eigenvalue weighted by molar-refractivity contribution is 0.642. The third kappa shape index (κ3) is 2.26. The highest BCUT2D eigenvalue weighted by molar-refractivity contribution is 7.98. The highest BCUT2D eigenvalue weighted by Gasteiger charge is 2.28. The van der Waals surface area contributed by atoms with E-state index in [1.54, 1.807) is 16.8 Å². The summed E-state index contributed by atoms with van der Waals surface area (Å²) in [6.07, 6.45) is 3.88. The topological polar surface area (TPSA) is 89.6 Å². The fourth-order valence-corrected chi connectivity index (χ4v) is 2.66. The van der Waals surface area contributed by atoms with E-state index in [0.717, 1.165) is 29.3 Å². The van der Waals surface area contributed by atoms with Crippen LogP contribution in [0.25, 0.3) is 0 Å². The number of anilines is 1. The fourth-order valence-electron chi connectivity index (χ4n) is 1.72. The quantitative estimate of drug-likeness (QED) is 0.808. The zero-order valence-corrected chi connectivity index (χ0v) is 10.5. The Bertz CT molecular complexity index is 599. The molecule has 0 atom stereocenters. The van der Waals surface area contributed by atoms with Crippen LogP contribution in [0.4, 0.5) is 5.82 Å². The van der Waals surface area contributed by atoms with Crippen molar-refractivity contribution >= 4 is 17.6 Å². The minimum Gasteiger partial charge on any atom is -0.384 e. The van der Waals surface area contributed by atoms with E-state index in [9.17, 15) is 4.79 Å². The number of hydrogen-bond donors (Lipinski definition) is 2. The van der Waals surface area contributed by atoms with Crippen LogP contribution in [-0.4, -0.2) is 19.7 Å². The number of thioether (sulfide) groups is 1. The second kappa shape index (κ2) is 4.49. The van der Waals surface area contributed by atoms with Crippen LogP contribution in [0.1, 0.15) is 24.4 Å². The maximum Gasteiger partial charge on any atom is 0.344 e. The first-order chi connectivity index (χ1) is 8.74. The van der Waals surface area contributed by atoms with Crippen molar-refractivity contribution in [3.05, 3.63) is 34.4 Å². The molecule has 7 heteroatoms. The minimum atomic E-state index is -0.115. The Morgan fingerprint density at radius 2 is 2.33 bits per heavy atom. The average Bonchev–Trinajstić information content (AvgIpc) is 3.13. The van der Waals surface area contributed by atoms with Gasteiger partial charge in [0.15, 0.2) is 5.16 Å². The van der Waals surface area contributed by atoms with Gasteiger partial charge >= 0.3 is 5.69 Å². The molecule has 2 aromatic heterocycles. The number of aromatic amines is 1. The number of rotatable bonds is 4. The molecule has 6 nitrogen and oxygen atoms in total. The largest absolute Gasteiger partial charge is 0.384 e. The molecule has 1 aliphatic rings. The van der Waals surface area contributed by atoms with Crippen molar-refractivity contribution in [3.8, 4) is 0 Å². The highest BCUT2D eigenvalue weighted by Crippen LogP contribution is 2.36. The second-order valence-corrected chi connectivity index (χ2v) is 5.23. The van der Waals surface area contributed by atoms with Crippen molar-refractivity contribution < 1.29 is 0 Å². The Labute approximate surface area is 108 Å². The summed E-state index contributed by atoms with van der Waals surface area (Å²) in [6.45, 7) is 0. The molecule has 0 aliphatic heterocycles. The van der Waals surface area contributed by atoms with Crippen molar-refractivity contribution in [2.75, 3.05) is 5.73 Å². The van der Waals surface area contributed by atoms with Crippen LogP contribution >= 0.6 is 11.8 Å². The van der Waals surface area contributed by atoms with Gasteiger partial charge in [0, 0.05) is 18.0 Å². The summed E-state index contributed by atoms with van der Waals surface area (Å²) in [5.74, 6) is 1.24. The van der Waals surface area contributed by atoms with E-state index in [-0.39, 0.29) is 5.69 Å². The van der Waals surface area contributed by atoms with Crippen molar-refractivity contribution in [1.82, 2.24) is 19.7 Å². The van der Waals surface area contributed by atoms with Gasteiger partial charge in [0.1, 0.15) is 5.82 Å². The summed E-state index contributed by atoms with van der Waals surface area (Å²) < 4.78 is 1.75. The van der Waals surface area contributed by atoms with E-state index in [2.05, 4.69) is 15.2 Å². The fraction of sp³-hybridized carbons (Fsp3) is 0.364. The lowest BCUT2D eigenvalue weighted by Crippen LogP contribution is -2.16. The van der Waals surface area contributed by atoms with E-state index in [1.165, 1.54) is 11.8 Å². The zero-order chi connectivity index (χ0) is 12.5. The monoisotopic (exact) mass is 263 g/mol. The molecule has 0 radical (unpaired) electrons. The number of nitrogens with zero attached hydrogens (tertiary/aromatic N) is 3. The molecule has 0 spiro atoms. The summed E-state index contributed by atoms with van der Waals surface area (Å²) >= 11 is 1.53. The van der Waals surface area contributed by atoms with Gasteiger partial charge in [0.25, 0.3) is 0 Å². The van der Waals surface area contributed by atoms with Crippen molar-refractivity contribution in [1.29, 1.82) is 0 Å². The Hall–Kier alpha value is -1.76. The molecule has 0 saturated heterocycles. The summed E-state index contributed by atoms with van der Waals surface area (Å²) in [5.41, 5.74) is 6.48. The molecule has 1 fully saturated rings. The van der Waals surface area contributed by atoms with Crippen LogP contribution in [0.2, 0.25) is 0 Å². The maximum atomic E-state index is 11.6. The summed E-state index contributed by atoms with van der Waals surface area (Å²) in [5, 5.41) is 7.31. The molecular weight excluding hydrogens is 250 g/mol. The molecule has 3 rings (SSSR count). The predicted octanol–water partition coefficient (Wildman–Crippen LogP) is 1.18. The Morgan fingerprint density at radius 3 is 3.00 bits per heavy atom. The van der Waals surface area contributed by atoms with Gasteiger partial charge in [0.05, 0.1) is 0 Å². The molecule has 0 aromatic carbocycles. The van der Waals surface area contributed by atoms with Crippen molar-refractivity contribution in [2.24, 2.45) is 0 Å². The smallest absolute Gasteiger partial charge is 0.344 e. The summed E-state index contributed by atoms with van der Waals surface area (Å²) in [7, 11) is 0. The lowest BCUT2D eigenvalue weighted by Gasteiger charge is -2.03. The van der Waals surface area contributed by atoms with Crippen molar-refractivity contribution in [3.63, 3.8) is 0 Å². The third-order valence-electron chi connectivity index (χ3n) is 2.80. The van der Waals surface area contributed by atoms with Crippen LogP contribution < -0.4 is 11.4 Å². The number of H-pyrrole nitrogens is 1. The van der Waals surface area contributed by atoms with Crippen LogP contribution in [0.5, 0.6) is 0 Å². The van der Waals surface area contributed by atoms with E-state index < -0.39 is 0 Å². The zero-order valence-electron chi connectivity index (χ0n) is 9.67. The molecular formula is C11H13N5OS. The molecule has 0 unspecified atom stereocenters. The standard InChI is InChI=1S/C11H13N5OS/c12-9-4-1-7(5-13-9)6-18-11-15-14-10(17)16(11)8-2-3-8/h1,4-5,8H,2-3,6H2,(H2,12,13)(H,14,17). The van der Waals surface area contributed by atoms with Gasteiger partial charge in [-0.1, -0.05) is 17.8 Å². The molecule has 1 saturated carbocycles. The first-order valence-electron chi connectivity index (χ1n) is 5.74. The van der Waals surface area contributed by atoms with Crippen LogP contribution in [0.3, 0.4) is 0 Å². The van der Waals surface area contributed by atoms with Gasteiger partial charge in [-0.2, -0.15) is 0 Å². The number of hydrogen-bond acceptors (Lipinski definition) is 5. The van der Waals surface area contributed by atoms with E-state index in [4.69, 9.17) is 5.73 Å². The van der Waals surface area contributed by atoms with Gasteiger partial charge in [-0.05, 0) is 24.5 Å². The second-order valence-electron chi connectivity index (χ2n) is 4.29. The first-order valence-corrected chi connectivity index (χ1v) is 6.73. The Balaban J connectivity index is 1.73. The van der Waals surface area contributed by atoms with Gasteiger partial charge in [-0.25, -0.2) is 14.9 Å². The summed E-state index contributed by atoms with van der Waals surface area (Å²) in [6, 6.07) is 4.04. The van der Waals surface area contributed by atoms with E-state index in [1.807, 2.05) is 6.07 Å². The van der Waals surface area contributed by atoms with Crippen molar-refractivity contribution in [2.45, 2.75) is 29.8 Å². The number of nitrogen functional groups attached to an aromatic ring is 1. The molecule has 0 bridgehead atoms. The summed E-state index contributed by atoms with van der Waals surface area (Å²) in [4.78, 5) is 15.6. The number of pyridine rings is 1. The minimum absolute atomic E-state index is 0.115. The molecule has 2 heterocycles. The van der Waals surface area contributed by atoms with E-state index >= 15 is 0 Å². The maximum absolute atomic E-state index is 11.6. The van der Waals surface area contributed by atoms with Crippen LogP contribution in [-0.2, 0) is 5.75 Å². The van der Waals surface area contributed by atoms with Crippen LogP contribution in [0, 0.1) is 0 Å². The van der Waals surface area contributed by atoms with Gasteiger partial charge in [-0.3, -0.25) is 4.57 Å². The normalized spacial score (nSPS) is 14.9. The van der Waals surface area contributed by atoms with Gasteiger partial charge in [-0.15, -0.1) is 5.10 Å². The lowest BCUT2D eigenvalue weighted by atomic mass is 10.3. The van der Waals surface area contributed by atoms with Gasteiger partial charge in [0.2, 0.25) is 0 Å². The van der Waals surface area contributed by atoms with E-state index in [0.29, 0.717) is 11.9 Å². The number of aromatic nitrogens is 4. The van der Waals surface area contributed by atoms with Gasteiger partial charge < -0.3 is 5.73 Å². The molecule has 2 aromatic rings. The highest BCUT2D eigenvalue weighted by atomic mass is 32.2. The average molecular weight is 263 g/mol. The number of nitrogens with one attached hydrogen (secondary N) is 1. The number of nitrogens with two attached hydrogens (primary N) is 1. The Kier molecular flexibility index (Phi) is 2.83. The molecule has 3 N–H and O–H groups in total. The third-order valence-corrected chi connectivity index (χ3v) is 3.82. The Morgan fingerprint density at radius 1 is 1.50 bits per heavy atom. The molecule has 1 aliphatic carbocycles. The predicted molar refractivity (Wildman–Crippen MR) is 69.3 cm³/mol. The molecule has 94 valence electrons. The molecule has 18 heavy (non-hydrogen) atoms. The SMILES string of the molecule is Nc1ccc(CSc2n[nH]c(=O)n2C2CC2)cn1. The first kappa shape index (κ1) is 11.3. The molecule has 0 amide bonds. The van der Waals surface area contributed by atoms with Crippen LogP contribution in [0.15, 0.2) is 28.3 Å².